The molecule has 3 heterocycles. The van der Waals surface area contributed by atoms with E-state index in [1.54, 1.807) is 6.92 Å². The zero-order valence-electron chi connectivity index (χ0n) is 23.0. The lowest BCUT2D eigenvalue weighted by molar-refractivity contribution is -0.292. The highest BCUT2D eigenvalue weighted by Gasteiger charge is 2.85. The Hall–Kier alpha value is -0.810. The van der Waals surface area contributed by atoms with Gasteiger partial charge in [-0.3, -0.25) is 9.69 Å². The number of carbonyl (C=O) groups is 1. The molecular formula is C29H45NO8. The van der Waals surface area contributed by atoms with Gasteiger partial charge in [0.15, 0.2) is 6.10 Å². The van der Waals surface area contributed by atoms with E-state index in [0.29, 0.717) is 44.6 Å². The van der Waals surface area contributed by atoms with Gasteiger partial charge in [-0.05, 0) is 69.6 Å². The van der Waals surface area contributed by atoms with Crippen molar-refractivity contribution in [3.63, 3.8) is 0 Å². The molecule has 3 aliphatic heterocycles. The standard InChI is InChI=1S/C29H45NO8/c1-14-5-8-20-26(4,34)22-16(13-30(20)12-14)17-11-27-19(28(17,35)24(33)23(22)32)7-6-18-25(27,3)10-9-21(37-15(2)31)29(18,36)38-27/h14,16-24,32-36H,5-13H2,1-4H3. The molecule has 9 nitrogen and oxygen atoms in total. The van der Waals surface area contributed by atoms with Gasteiger partial charge in [-0.25, -0.2) is 0 Å². The molecule has 7 fully saturated rings. The van der Waals surface area contributed by atoms with E-state index in [-0.39, 0.29) is 17.9 Å². The van der Waals surface area contributed by atoms with Gasteiger partial charge < -0.3 is 35.0 Å². The number of nitrogens with zero attached hydrogens (tertiary/aromatic N) is 1. The molecule has 0 amide bonds. The summed E-state index contributed by atoms with van der Waals surface area (Å²) in [5.74, 6) is -3.56. The Bertz CT molecular complexity index is 1040. The fraction of sp³-hybridized carbons (Fsp3) is 0.966. The van der Waals surface area contributed by atoms with E-state index in [2.05, 4.69) is 18.7 Å². The molecule has 4 aliphatic carbocycles. The molecular weight excluding hydrogens is 490 g/mol. The lowest BCUT2D eigenvalue weighted by atomic mass is 9.49. The molecule has 214 valence electrons. The minimum absolute atomic E-state index is 0.0936. The fourth-order valence-corrected chi connectivity index (χ4v) is 11.7. The van der Waals surface area contributed by atoms with Crippen LogP contribution in [0.1, 0.15) is 72.6 Å². The number of fused-ring (bicyclic) bond motifs is 5. The topological polar surface area (TPSA) is 140 Å². The summed E-state index contributed by atoms with van der Waals surface area (Å²) in [6.45, 7) is 9.02. The highest BCUT2D eigenvalue weighted by atomic mass is 16.7. The summed E-state index contributed by atoms with van der Waals surface area (Å²) in [5.41, 5.74) is -4.22. The van der Waals surface area contributed by atoms with E-state index in [1.165, 1.54) is 6.92 Å². The van der Waals surface area contributed by atoms with E-state index in [4.69, 9.17) is 9.47 Å². The second-order valence-corrected chi connectivity index (χ2v) is 14.7. The maximum atomic E-state index is 12.6. The molecule has 1 spiro atoms. The summed E-state index contributed by atoms with van der Waals surface area (Å²) in [6, 6.07) is -0.0936. The number of aliphatic hydroxyl groups is 5. The average molecular weight is 536 g/mol. The summed E-state index contributed by atoms with van der Waals surface area (Å²) in [4.78, 5) is 14.3. The number of hydrogen-bond acceptors (Lipinski definition) is 9. The third-order valence-electron chi connectivity index (χ3n) is 13.1. The van der Waals surface area contributed by atoms with E-state index in [1.807, 2.05) is 0 Å². The van der Waals surface area contributed by atoms with Crippen molar-refractivity contribution in [1.29, 1.82) is 0 Å². The van der Waals surface area contributed by atoms with Crippen molar-refractivity contribution >= 4 is 5.97 Å². The monoisotopic (exact) mass is 535 g/mol. The molecule has 0 radical (unpaired) electrons. The second kappa shape index (κ2) is 7.72. The summed E-state index contributed by atoms with van der Waals surface area (Å²) in [5, 5.41) is 59.9. The number of esters is 1. The van der Waals surface area contributed by atoms with Crippen LogP contribution in [0.5, 0.6) is 0 Å². The van der Waals surface area contributed by atoms with E-state index >= 15 is 0 Å². The molecule has 15 atom stereocenters. The largest absolute Gasteiger partial charge is 0.457 e. The van der Waals surface area contributed by atoms with Gasteiger partial charge in [-0.1, -0.05) is 13.8 Å². The number of aliphatic hydroxyl groups excluding tert-OH is 2. The molecule has 0 aromatic carbocycles. The Morgan fingerprint density at radius 2 is 1.71 bits per heavy atom. The van der Waals surface area contributed by atoms with Gasteiger partial charge in [0.1, 0.15) is 11.7 Å². The summed E-state index contributed by atoms with van der Waals surface area (Å²) in [7, 11) is 0. The highest BCUT2D eigenvalue weighted by Crippen LogP contribution is 2.77. The Morgan fingerprint density at radius 1 is 1.00 bits per heavy atom. The third kappa shape index (κ3) is 2.80. The quantitative estimate of drug-likeness (QED) is 0.308. The Balaban J connectivity index is 1.32. The zero-order chi connectivity index (χ0) is 27.2. The second-order valence-electron chi connectivity index (χ2n) is 14.7. The van der Waals surface area contributed by atoms with Crippen LogP contribution in [0.15, 0.2) is 0 Å². The first-order valence-electron chi connectivity index (χ1n) is 14.9. The first-order valence-corrected chi connectivity index (χ1v) is 14.9. The number of piperidine rings is 2. The van der Waals surface area contributed by atoms with Gasteiger partial charge in [0.05, 0.1) is 17.3 Å². The number of carbonyl (C=O) groups excluding carboxylic acids is 1. The van der Waals surface area contributed by atoms with Crippen LogP contribution in [-0.2, 0) is 14.3 Å². The average Bonchev–Trinajstić information content (AvgIpc) is 3.07. The van der Waals surface area contributed by atoms with Crippen molar-refractivity contribution in [3.05, 3.63) is 0 Å². The van der Waals surface area contributed by atoms with Crippen molar-refractivity contribution < 1.29 is 39.8 Å². The lowest BCUT2D eigenvalue weighted by Crippen LogP contribution is -2.76. The number of hydrogen-bond donors (Lipinski definition) is 5. The molecule has 7 aliphatic rings. The smallest absolute Gasteiger partial charge is 0.303 e. The molecule has 0 aromatic rings. The molecule has 7 rings (SSSR count). The van der Waals surface area contributed by atoms with Crippen molar-refractivity contribution in [2.75, 3.05) is 13.1 Å². The highest BCUT2D eigenvalue weighted by molar-refractivity contribution is 5.66. The van der Waals surface area contributed by atoms with Crippen LogP contribution in [0.25, 0.3) is 0 Å². The van der Waals surface area contributed by atoms with Crippen molar-refractivity contribution in [2.45, 2.75) is 120 Å². The van der Waals surface area contributed by atoms with Gasteiger partial charge in [-0.15, -0.1) is 0 Å². The third-order valence-corrected chi connectivity index (χ3v) is 13.1. The van der Waals surface area contributed by atoms with Crippen molar-refractivity contribution in [3.8, 4) is 0 Å². The summed E-state index contributed by atoms with van der Waals surface area (Å²) < 4.78 is 12.4. The van der Waals surface area contributed by atoms with E-state index in [9.17, 15) is 30.3 Å². The normalized spacial score (nSPS) is 62.9. The number of rotatable bonds is 1. The maximum Gasteiger partial charge on any atom is 0.303 e. The van der Waals surface area contributed by atoms with E-state index < -0.39 is 70.0 Å². The van der Waals surface area contributed by atoms with E-state index in [0.717, 1.165) is 19.4 Å². The first kappa shape index (κ1) is 26.1. The molecule has 0 aromatic heterocycles. The van der Waals surface area contributed by atoms with Crippen molar-refractivity contribution in [2.24, 2.45) is 40.9 Å². The molecule has 9 heteroatoms. The predicted octanol–water partition coefficient (Wildman–Crippen LogP) is 0.786. The summed E-state index contributed by atoms with van der Waals surface area (Å²) >= 11 is 0. The van der Waals surface area contributed by atoms with Gasteiger partial charge in [0, 0.05) is 49.2 Å². The predicted molar refractivity (Wildman–Crippen MR) is 134 cm³/mol. The van der Waals surface area contributed by atoms with Gasteiger partial charge in [0.2, 0.25) is 5.79 Å². The lowest BCUT2D eigenvalue weighted by Gasteiger charge is -2.63. The van der Waals surface area contributed by atoms with Gasteiger partial charge in [0.25, 0.3) is 0 Å². The van der Waals surface area contributed by atoms with Crippen LogP contribution in [0.3, 0.4) is 0 Å². The minimum atomic E-state index is -1.65. The van der Waals surface area contributed by atoms with Crippen LogP contribution in [-0.4, -0.2) is 96.4 Å². The summed E-state index contributed by atoms with van der Waals surface area (Å²) in [6.07, 6.45) is 1.09. The molecule has 4 bridgehead atoms. The van der Waals surface area contributed by atoms with Crippen LogP contribution in [0.4, 0.5) is 0 Å². The Kier molecular flexibility index (Phi) is 5.30. The SMILES string of the molecule is CC(=O)OC1CCC2(C)C3CCC4C5(O)C(O)C(O)C6C(CN7CC(C)CCC7C6(C)O)C5CC42OC13O. The van der Waals surface area contributed by atoms with Gasteiger partial charge >= 0.3 is 5.97 Å². The Morgan fingerprint density at radius 3 is 2.42 bits per heavy atom. The minimum Gasteiger partial charge on any atom is -0.457 e. The van der Waals surface area contributed by atoms with Crippen molar-refractivity contribution in [1.82, 2.24) is 4.90 Å². The van der Waals surface area contributed by atoms with Crippen LogP contribution in [0, 0.1) is 40.9 Å². The van der Waals surface area contributed by atoms with Crippen LogP contribution < -0.4 is 0 Å². The van der Waals surface area contributed by atoms with Gasteiger partial charge in [-0.2, -0.15) is 0 Å². The molecule has 38 heavy (non-hydrogen) atoms. The Labute approximate surface area is 224 Å². The maximum absolute atomic E-state index is 12.6. The van der Waals surface area contributed by atoms with Crippen LogP contribution in [0.2, 0.25) is 0 Å². The molecule has 3 saturated heterocycles. The number of ether oxygens (including phenoxy) is 2. The fourth-order valence-electron chi connectivity index (χ4n) is 11.7. The molecule has 4 saturated carbocycles. The van der Waals surface area contributed by atoms with Crippen LogP contribution >= 0.6 is 0 Å². The molecule has 5 N–H and O–H groups in total. The zero-order valence-corrected chi connectivity index (χ0v) is 23.0. The molecule has 15 unspecified atom stereocenters. The first-order chi connectivity index (χ1) is 17.7.